The Kier molecular flexibility index (Phi) is 2.81. The van der Waals surface area contributed by atoms with E-state index in [1.807, 2.05) is 4.72 Å². The lowest BCUT2D eigenvalue weighted by Crippen LogP contribution is -2.26. The molecule has 0 fully saturated rings. The number of nitrogens with one attached hydrogen (secondary N) is 1. The van der Waals surface area contributed by atoms with E-state index in [2.05, 4.69) is 0 Å². The fourth-order valence-corrected chi connectivity index (χ4v) is 3.07. The fraction of sp³-hybridized carbons (Fsp3) is 1.00. The fourth-order valence-electron chi connectivity index (χ4n) is 0.341. The summed E-state index contributed by atoms with van der Waals surface area (Å²) in [5.74, 6) is 0. The Hall–Kier alpha value is -0.140. The molecule has 0 atom stereocenters. The van der Waals surface area contributed by atoms with Crippen LogP contribution < -0.4 is 4.72 Å². The highest BCUT2D eigenvalue weighted by molar-refractivity contribution is 8.06. The lowest BCUT2D eigenvalue weighted by atomic mass is 11.6. The zero-order valence-electron chi connectivity index (χ0n) is 5.66. The Balaban J connectivity index is 4.49. The first kappa shape index (κ1) is 9.86. The average Bonchev–Trinajstić information content (AvgIpc) is 1.60. The number of sulfonamides is 1. The Labute approximate surface area is 60.4 Å². The number of hydrogen-bond acceptors (Lipinski definition) is 4. The standard InChI is InChI=1S/C3H9NO4S2/c1-4-10(7,8)3-9(2,5)6/h4H,3H2,1-2H3. The molecule has 62 valence electrons. The van der Waals surface area contributed by atoms with Crippen LogP contribution in [-0.4, -0.2) is 35.2 Å². The summed E-state index contributed by atoms with van der Waals surface area (Å²) >= 11 is 0. The summed E-state index contributed by atoms with van der Waals surface area (Å²) in [6.45, 7) is 0. The molecule has 0 aliphatic heterocycles. The van der Waals surface area contributed by atoms with Gasteiger partial charge in [0.25, 0.3) is 0 Å². The molecule has 0 heterocycles. The molecule has 1 N–H and O–H groups in total. The minimum absolute atomic E-state index is 0.851. The van der Waals surface area contributed by atoms with Crippen molar-refractivity contribution in [3.05, 3.63) is 0 Å². The lowest BCUT2D eigenvalue weighted by molar-refractivity contribution is 0.586. The number of rotatable bonds is 3. The van der Waals surface area contributed by atoms with Gasteiger partial charge >= 0.3 is 0 Å². The Morgan fingerprint density at radius 3 is 1.70 bits per heavy atom. The molecule has 0 aromatic carbocycles. The molecule has 0 spiro atoms. The zero-order valence-corrected chi connectivity index (χ0v) is 7.29. The minimum Gasteiger partial charge on any atom is -0.228 e. The van der Waals surface area contributed by atoms with Gasteiger partial charge in [-0.05, 0) is 7.05 Å². The molecule has 0 bridgehead atoms. The van der Waals surface area contributed by atoms with E-state index in [9.17, 15) is 16.8 Å². The first-order chi connectivity index (χ1) is 4.27. The van der Waals surface area contributed by atoms with E-state index in [-0.39, 0.29) is 0 Å². The Bertz CT molecular complexity index is 286. The minimum atomic E-state index is -3.62. The summed E-state index contributed by atoms with van der Waals surface area (Å²) in [7, 11) is -5.89. The predicted octanol–water partition coefficient (Wildman–Crippen LogP) is -1.46. The largest absolute Gasteiger partial charge is 0.228 e. The summed E-state index contributed by atoms with van der Waals surface area (Å²) in [4.78, 5) is 0. The highest BCUT2D eigenvalue weighted by Crippen LogP contribution is 1.89. The molecule has 0 aliphatic rings. The summed E-state index contributed by atoms with van der Waals surface area (Å²) in [6, 6.07) is 0. The molecule has 0 amide bonds. The van der Waals surface area contributed by atoms with Crippen molar-refractivity contribution in [3.8, 4) is 0 Å². The maximum atomic E-state index is 10.5. The van der Waals surface area contributed by atoms with Crippen LogP contribution in [0.3, 0.4) is 0 Å². The van der Waals surface area contributed by atoms with Crippen molar-refractivity contribution in [1.82, 2.24) is 4.72 Å². The molecule has 0 aromatic rings. The Morgan fingerprint density at radius 2 is 1.60 bits per heavy atom. The van der Waals surface area contributed by atoms with Crippen LogP contribution in [0.2, 0.25) is 0 Å². The van der Waals surface area contributed by atoms with E-state index in [0.717, 1.165) is 6.26 Å². The van der Waals surface area contributed by atoms with Crippen LogP contribution in [-0.2, 0) is 19.9 Å². The molecule has 0 aromatic heterocycles. The maximum Gasteiger partial charge on any atom is 0.225 e. The lowest BCUT2D eigenvalue weighted by Gasteiger charge is -1.97. The highest BCUT2D eigenvalue weighted by atomic mass is 32.3. The van der Waals surface area contributed by atoms with Gasteiger partial charge in [-0.2, -0.15) is 0 Å². The summed E-state index contributed by atoms with van der Waals surface area (Å²) in [5, 5.41) is -0.851. The van der Waals surface area contributed by atoms with Crippen molar-refractivity contribution < 1.29 is 16.8 Å². The zero-order chi connectivity index (χ0) is 8.41. The average molecular weight is 187 g/mol. The third-order valence-electron chi connectivity index (χ3n) is 0.680. The van der Waals surface area contributed by atoms with Crippen molar-refractivity contribution >= 4 is 19.9 Å². The molecule has 0 unspecified atom stereocenters. The first-order valence-corrected chi connectivity index (χ1v) is 6.07. The highest BCUT2D eigenvalue weighted by Gasteiger charge is 2.14. The second-order valence-corrected chi connectivity index (χ2v) is 6.29. The molecular formula is C3H9NO4S2. The third-order valence-corrected chi connectivity index (χ3v) is 4.26. The van der Waals surface area contributed by atoms with Crippen molar-refractivity contribution in [1.29, 1.82) is 0 Å². The molecule has 0 aliphatic carbocycles. The monoisotopic (exact) mass is 187 g/mol. The van der Waals surface area contributed by atoms with Crippen LogP contribution in [0, 0.1) is 0 Å². The maximum absolute atomic E-state index is 10.5. The second-order valence-electron chi connectivity index (χ2n) is 1.86. The van der Waals surface area contributed by atoms with E-state index in [1.54, 1.807) is 0 Å². The van der Waals surface area contributed by atoms with Gasteiger partial charge in [-0.3, -0.25) is 0 Å². The van der Waals surface area contributed by atoms with Crippen LogP contribution in [0.4, 0.5) is 0 Å². The van der Waals surface area contributed by atoms with Crippen molar-refractivity contribution in [2.45, 2.75) is 0 Å². The van der Waals surface area contributed by atoms with Gasteiger partial charge in [-0.25, -0.2) is 21.6 Å². The van der Waals surface area contributed by atoms with Crippen molar-refractivity contribution in [2.24, 2.45) is 0 Å². The van der Waals surface area contributed by atoms with Gasteiger partial charge in [0, 0.05) is 6.26 Å². The molecule has 0 saturated carbocycles. The van der Waals surface area contributed by atoms with Gasteiger partial charge in [-0.15, -0.1) is 0 Å². The normalized spacial score (nSPS) is 13.4. The van der Waals surface area contributed by atoms with Gasteiger partial charge in [0.05, 0.1) is 0 Å². The van der Waals surface area contributed by atoms with E-state index < -0.39 is 24.9 Å². The van der Waals surface area contributed by atoms with E-state index >= 15 is 0 Å². The Morgan fingerprint density at radius 1 is 1.20 bits per heavy atom. The van der Waals surface area contributed by atoms with E-state index in [4.69, 9.17) is 0 Å². The molecule has 0 radical (unpaired) electrons. The van der Waals surface area contributed by atoms with Gasteiger partial charge < -0.3 is 0 Å². The van der Waals surface area contributed by atoms with Crippen LogP contribution in [0.25, 0.3) is 0 Å². The third kappa shape index (κ3) is 4.71. The molecule has 10 heavy (non-hydrogen) atoms. The van der Waals surface area contributed by atoms with Gasteiger partial charge in [0.1, 0.15) is 0 Å². The number of sulfone groups is 1. The van der Waals surface area contributed by atoms with Gasteiger partial charge in [-0.1, -0.05) is 0 Å². The van der Waals surface area contributed by atoms with Crippen molar-refractivity contribution in [3.63, 3.8) is 0 Å². The molecule has 0 rings (SSSR count). The predicted molar refractivity (Wildman–Crippen MR) is 37.7 cm³/mol. The molecule has 5 nitrogen and oxygen atoms in total. The van der Waals surface area contributed by atoms with Crippen LogP contribution in [0.15, 0.2) is 0 Å². The smallest absolute Gasteiger partial charge is 0.225 e. The molecule has 0 saturated heterocycles. The summed E-state index contributed by atoms with van der Waals surface area (Å²) < 4.78 is 43.7. The second kappa shape index (κ2) is 2.85. The van der Waals surface area contributed by atoms with E-state index in [0.29, 0.717) is 0 Å². The molecular weight excluding hydrogens is 178 g/mol. The topological polar surface area (TPSA) is 80.3 Å². The first-order valence-electron chi connectivity index (χ1n) is 2.36. The summed E-state index contributed by atoms with van der Waals surface area (Å²) in [6.07, 6.45) is 0.863. The number of hydrogen-bond donors (Lipinski definition) is 1. The van der Waals surface area contributed by atoms with E-state index in [1.165, 1.54) is 7.05 Å². The molecule has 7 heteroatoms. The quantitative estimate of drug-likeness (QED) is 0.585. The van der Waals surface area contributed by atoms with Gasteiger partial charge in [0.2, 0.25) is 10.0 Å². The van der Waals surface area contributed by atoms with Crippen LogP contribution in [0.5, 0.6) is 0 Å². The SMILES string of the molecule is CNS(=O)(=O)CS(C)(=O)=O. The van der Waals surface area contributed by atoms with Gasteiger partial charge in [0.15, 0.2) is 14.9 Å². The van der Waals surface area contributed by atoms with Crippen LogP contribution in [0.1, 0.15) is 0 Å². The van der Waals surface area contributed by atoms with Crippen molar-refractivity contribution in [2.75, 3.05) is 18.4 Å². The van der Waals surface area contributed by atoms with Crippen LogP contribution >= 0.6 is 0 Å². The summed E-state index contributed by atoms with van der Waals surface area (Å²) in [5.41, 5.74) is 0.